The fraction of sp³-hybridized carbons (Fsp3) is 0.348. The van der Waals surface area contributed by atoms with Crippen molar-refractivity contribution in [2.45, 2.75) is 43.2 Å². The van der Waals surface area contributed by atoms with Crippen molar-refractivity contribution in [3.05, 3.63) is 65.1 Å². The van der Waals surface area contributed by atoms with E-state index in [1.165, 1.54) is 24.4 Å². The number of carbonyl (C=O) groups is 1. The molecule has 32 heavy (non-hydrogen) atoms. The van der Waals surface area contributed by atoms with Gasteiger partial charge in [0.1, 0.15) is 12.4 Å². The second-order valence-corrected chi connectivity index (χ2v) is 10.5. The van der Waals surface area contributed by atoms with E-state index in [4.69, 9.17) is 16.3 Å². The van der Waals surface area contributed by atoms with E-state index in [0.29, 0.717) is 24.0 Å². The summed E-state index contributed by atoms with van der Waals surface area (Å²) in [6.45, 7) is 4.80. The van der Waals surface area contributed by atoms with Crippen LogP contribution >= 0.6 is 11.6 Å². The number of hydrogen-bond acceptors (Lipinski definition) is 4. The molecule has 0 bridgehead atoms. The predicted octanol–water partition coefficient (Wildman–Crippen LogP) is 4.04. The topological polar surface area (TPSA) is 68.6 Å². The standard InChI is InChI=1S/C23H24ClFN2O4S/c1-15-10-27(11-16(2)31-15)23(28)13-26-12-22(17-6-3-4-9-21(17)26)32(29,30)14-18-19(24)7-5-8-20(18)25/h3-9,12,15-16H,10-11,13-14H2,1-2H3. The minimum atomic E-state index is -3.93. The van der Waals surface area contributed by atoms with E-state index in [9.17, 15) is 17.6 Å². The van der Waals surface area contributed by atoms with Crippen molar-refractivity contribution < 1.29 is 22.3 Å². The van der Waals surface area contributed by atoms with Crippen LogP contribution in [0.2, 0.25) is 5.02 Å². The molecule has 1 aliphatic rings. The van der Waals surface area contributed by atoms with Gasteiger partial charge in [-0.2, -0.15) is 0 Å². The highest BCUT2D eigenvalue weighted by Gasteiger charge is 2.28. The number of ether oxygens (including phenoxy) is 1. The van der Waals surface area contributed by atoms with Crippen LogP contribution in [-0.4, -0.2) is 49.1 Å². The van der Waals surface area contributed by atoms with Gasteiger partial charge in [0, 0.05) is 40.8 Å². The SMILES string of the molecule is CC1CN(C(=O)Cn2cc(S(=O)(=O)Cc3c(F)cccc3Cl)c3ccccc32)CC(C)O1. The highest BCUT2D eigenvalue weighted by atomic mass is 35.5. The predicted molar refractivity (Wildman–Crippen MR) is 121 cm³/mol. The third-order valence-electron chi connectivity index (χ3n) is 5.56. The van der Waals surface area contributed by atoms with Crippen molar-refractivity contribution in [1.29, 1.82) is 0 Å². The van der Waals surface area contributed by atoms with Gasteiger partial charge in [0.15, 0.2) is 9.84 Å². The van der Waals surface area contributed by atoms with Crippen LogP contribution in [0.1, 0.15) is 19.4 Å². The number of hydrogen-bond donors (Lipinski definition) is 0. The number of amides is 1. The molecule has 170 valence electrons. The van der Waals surface area contributed by atoms with E-state index < -0.39 is 21.4 Å². The van der Waals surface area contributed by atoms with Gasteiger partial charge in [0.05, 0.1) is 22.9 Å². The van der Waals surface area contributed by atoms with Crippen LogP contribution in [0.15, 0.2) is 53.6 Å². The summed E-state index contributed by atoms with van der Waals surface area (Å²) < 4.78 is 48.1. The normalized spacial score (nSPS) is 19.4. The average Bonchev–Trinajstić information content (AvgIpc) is 3.10. The van der Waals surface area contributed by atoms with Crippen LogP contribution < -0.4 is 0 Å². The Balaban J connectivity index is 1.68. The molecule has 3 aromatic rings. The summed E-state index contributed by atoms with van der Waals surface area (Å²) in [5, 5.41) is 0.541. The molecule has 2 atom stereocenters. The van der Waals surface area contributed by atoms with Crippen molar-refractivity contribution in [3.63, 3.8) is 0 Å². The van der Waals surface area contributed by atoms with E-state index in [1.807, 2.05) is 13.8 Å². The summed E-state index contributed by atoms with van der Waals surface area (Å²) in [5.74, 6) is -1.36. The number of nitrogens with zero attached hydrogens (tertiary/aromatic N) is 2. The van der Waals surface area contributed by atoms with E-state index >= 15 is 0 Å². The Morgan fingerprint density at radius 1 is 1.12 bits per heavy atom. The molecule has 4 rings (SSSR count). The van der Waals surface area contributed by atoms with E-state index in [-0.39, 0.29) is 40.1 Å². The number of rotatable bonds is 5. The molecule has 2 heterocycles. The second-order valence-electron chi connectivity index (χ2n) is 8.15. The Hall–Kier alpha value is -2.42. The monoisotopic (exact) mass is 478 g/mol. The summed E-state index contributed by atoms with van der Waals surface area (Å²) in [7, 11) is -3.93. The van der Waals surface area contributed by atoms with Gasteiger partial charge in [0.2, 0.25) is 5.91 Å². The number of sulfone groups is 1. The zero-order valence-corrected chi connectivity index (χ0v) is 19.4. The van der Waals surface area contributed by atoms with Crippen LogP contribution in [-0.2, 0) is 31.7 Å². The lowest BCUT2D eigenvalue weighted by Gasteiger charge is -2.35. The first-order valence-corrected chi connectivity index (χ1v) is 12.4. The number of para-hydroxylation sites is 1. The first-order valence-electron chi connectivity index (χ1n) is 10.3. The van der Waals surface area contributed by atoms with Crippen LogP contribution in [0.4, 0.5) is 4.39 Å². The number of aromatic nitrogens is 1. The van der Waals surface area contributed by atoms with Gasteiger partial charge < -0.3 is 14.2 Å². The van der Waals surface area contributed by atoms with E-state index in [0.717, 1.165) is 0 Å². The molecule has 0 aliphatic carbocycles. The van der Waals surface area contributed by atoms with E-state index in [1.54, 1.807) is 33.7 Å². The number of benzene rings is 2. The number of halogens is 2. The maximum Gasteiger partial charge on any atom is 0.242 e. The molecule has 2 unspecified atom stereocenters. The third kappa shape index (κ3) is 4.53. The van der Waals surface area contributed by atoms with Gasteiger partial charge >= 0.3 is 0 Å². The first kappa shape index (κ1) is 22.8. The Bertz CT molecular complexity index is 1240. The molecule has 1 fully saturated rings. The minimum Gasteiger partial charge on any atom is -0.372 e. The third-order valence-corrected chi connectivity index (χ3v) is 7.58. The molecule has 1 aromatic heterocycles. The Kier molecular flexibility index (Phi) is 6.29. The van der Waals surface area contributed by atoms with Gasteiger partial charge in [-0.05, 0) is 32.0 Å². The van der Waals surface area contributed by atoms with Crippen molar-refractivity contribution >= 4 is 38.2 Å². The zero-order valence-electron chi connectivity index (χ0n) is 17.8. The smallest absolute Gasteiger partial charge is 0.242 e. The fourth-order valence-corrected chi connectivity index (χ4v) is 6.09. The minimum absolute atomic E-state index is 0.00404. The second kappa shape index (κ2) is 8.84. The molecule has 1 amide bonds. The van der Waals surface area contributed by atoms with Gasteiger partial charge in [-0.25, -0.2) is 12.8 Å². The Morgan fingerprint density at radius 3 is 2.50 bits per heavy atom. The summed E-state index contributed by atoms with van der Waals surface area (Å²) in [6, 6.07) is 11.0. The Labute approximate surface area is 191 Å². The lowest BCUT2D eigenvalue weighted by molar-refractivity contribution is -0.143. The van der Waals surface area contributed by atoms with Gasteiger partial charge in [-0.3, -0.25) is 4.79 Å². The number of carbonyl (C=O) groups excluding carboxylic acids is 1. The van der Waals surface area contributed by atoms with Crippen molar-refractivity contribution in [2.24, 2.45) is 0 Å². The summed E-state index contributed by atoms with van der Waals surface area (Å²) in [4.78, 5) is 14.8. The fourth-order valence-electron chi connectivity index (χ4n) is 4.16. The van der Waals surface area contributed by atoms with E-state index in [2.05, 4.69) is 0 Å². The van der Waals surface area contributed by atoms with Crippen LogP contribution in [0.5, 0.6) is 0 Å². The summed E-state index contributed by atoms with van der Waals surface area (Å²) >= 11 is 6.05. The Morgan fingerprint density at radius 2 is 1.81 bits per heavy atom. The molecular weight excluding hydrogens is 455 g/mol. The summed E-state index contributed by atoms with van der Waals surface area (Å²) in [6.07, 6.45) is 1.33. The average molecular weight is 479 g/mol. The lowest BCUT2D eigenvalue weighted by Crippen LogP contribution is -2.49. The van der Waals surface area contributed by atoms with Gasteiger partial charge in [-0.15, -0.1) is 0 Å². The van der Waals surface area contributed by atoms with Crippen molar-refractivity contribution in [1.82, 2.24) is 9.47 Å². The van der Waals surface area contributed by atoms with Gasteiger partial charge in [-0.1, -0.05) is 35.9 Å². The number of morpholine rings is 1. The molecule has 6 nitrogen and oxygen atoms in total. The highest BCUT2D eigenvalue weighted by molar-refractivity contribution is 7.90. The molecule has 9 heteroatoms. The van der Waals surface area contributed by atoms with Crippen LogP contribution in [0.25, 0.3) is 10.9 Å². The van der Waals surface area contributed by atoms with Crippen LogP contribution in [0, 0.1) is 5.82 Å². The zero-order chi connectivity index (χ0) is 23.0. The van der Waals surface area contributed by atoms with Gasteiger partial charge in [0.25, 0.3) is 0 Å². The molecule has 0 N–H and O–H groups in total. The van der Waals surface area contributed by atoms with Crippen LogP contribution in [0.3, 0.4) is 0 Å². The largest absolute Gasteiger partial charge is 0.372 e. The molecule has 0 spiro atoms. The molecule has 0 radical (unpaired) electrons. The number of fused-ring (bicyclic) bond motifs is 1. The van der Waals surface area contributed by atoms with Crippen molar-refractivity contribution in [3.8, 4) is 0 Å². The quantitative estimate of drug-likeness (QED) is 0.555. The molecule has 1 aliphatic heterocycles. The molecule has 2 aromatic carbocycles. The maximum atomic E-state index is 14.2. The highest BCUT2D eigenvalue weighted by Crippen LogP contribution is 2.30. The molecule has 0 saturated carbocycles. The first-order chi connectivity index (χ1) is 15.2. The summed E-state index contributed by atoms with van der Waals surface area (Å²) in [5.41, 5.74) is 0.548. The maximum absolute atomic E-state index is 14.2. The van der Waals surface area contributed by atoms with Crippen molar-refractivity contribution in [2.75, 3.05) is 13.1 Å². The molecule has 1 saturated heterocycles. The molecular formula is C23H24ClFN2O4S. The lowest BCUT2D eigenvalue weighted by atomic mass is 10.2.